The molecule has 1 heterocycles. The maximum atomic E-state index is 6.59. The molecule has 0 saturated carbocycles. The fourth-order valence-corrected chi connectivity index (χ4v) is 3.58. The lowest BCUT2D eigenvalue weighted by Gasteiger charge is -2.36. The van der Waals surface area contributed by atoms with Crippen molar-refractivity contribution in [1.82, 2.24) is 4.90 Å². The van der Waals surface area contributed by atoms with Crippen LogP contribution in [0.3, 0.4) is 0 Å². The van der Waals surface area contributed by atoms with Crippen molar-refractivity contribution in [2.75, 3.05) is 19.6 Å². The van der Waals surface area contributed by atoms with Crippen LogP contribution < -0.4 is 0 Å². The zero-order chi connectivity index (χ0) is 13.8. The Morgan fingerprint density at radius 1 is 1.16 bits per heavy atom. The van der Waals surface area contributed by atoms with Crippen LogP contribution in [0.5, 0.6) is 0 Å². The Balaban J connectivity index is 1.93. The van der Waals surface area contributed by atoms with Gasteiger partial charge in [0.1, 0.15) is 0 Å². The maximum Gasteiger partial charge on any atom is 0.0712 e. The monoisotopic (exact) mass is 279 g/mol. The fraction of sp³-hybridized carbons (Fsp3) is 0.647. The molecule has 1 fully saturated rings. The van der Waals surface area contributed by atoms with Crippen LogP contribution >= 0.6 is 11.6 Å². The molecule has 0 radical (unpaired) electrons. The zero-order valence-electron chi connectivity index (χ0n) is 12.4. The number of benzene rings is 1. The molecule has 0 amide bonds. The molecule has 0 spiro atoms. The second-order valence-electron chi connectivity index (χ2n) is 6.23. The largest absolute Gasteiger partial charge is 0.301 e. The lowest BCUT2D eigenvalue weighted by Crippen LogP contribution is -2.40. The maximum absolute atomic E-state index is 6.59. The summed E-state index contributed by atoms with van der Waals surface area (Å²) in [6.45, 7) is 10.2. The van der Waals surface area contributed by atoms with Gasteiger partial charge in [-0.05, 0) is 35.8 Å². The Morgan fingerprint density at radius 2 is 1.74 bits per heavy atom. The van der Waals surface area contributed by atoms with E-state index in [1.807, 2.05) is 0 Å². The van der Waals surface area contributed by atoms with Gasteiger partial charge < -0.3 is 4.90 Å². The smallest absolute Gasteiger partial charge is 0.0712 e. The summed E-state index contributed by atoms with van der Waals surface area (Å²) in [5, 5.41) is 0.114. The normalized spacial score (nSPS) is 26.3. The van der Waals surface area contributed by atoms with Gasteiger partial charge in [0.05, 0.1) is 5.38 Å². The van der Waals surface area contributed by atoms with E-state index in [1.165, 1.54) is 30.6 Å². The lowest BCUT2D eigenvalue weighted by atomic mass is 9.91. The second kappa shape index (κ2) is 6.76. The van der Waals surface area contributed by atoms with Crippen molar-refractivity contribution in [1.29, 1.82) is 0 Å². The Kier molecular flexibility index (Phi) is 5.29. The summed E-state index contributed by atoms with van der Waals surface area (Å²) < 4.78 is 0. The van der Waals surface area contributed by atoms with Gasteiger partial charge in [0.2, 0.25) is 0 Å². The van der Waals surface area contributed by atoms with Crippen molar-refractivity contribution in [3.8, 4) is 0 Å². The van der Waals surface area contributed by atoms with Gasteiger partial charge in [-0.1, -0.05) is 45.0 Å². The average Bonchev–Trinajstić information content (AvgIpc) is 2.37. The van der Waals surface area contributed by atoms with E-state index in [9.17, 15) is 0 Å². The number of alkyl halides is 1. The average molecular weight is 280 g/mol. The molecule has 2 heteroatoms. The van der Waals surface area contributed by atoms with Crippen molar-refractivity contribution in [2.24, 2.45) is 11.8 Å². The highest BCUT2D eigenvalue weighted by Crippen LogP contribution is 2.26. The van der Waals surface area contributed by atoms with E-state index >= 15 is 0 Å². The van der Waals surface area contributed by atoms with E-state index in [2.05, 4.69) is 49.9 Å². The highest BCUT2D eigenvalue weighted by Gasteiger charge is 2.23. The number of likely N-dealkylation sites (tertiary alicyclic amines) is 1. The van der Waals surface area contributed by atoms with E-state index in [4.69, 9.17) is 11.6 Å². The van der Waals surface area contributed by atoms with E-state index in [1.54, 1.807) is 0 Å². The topological polar surface area (TPSA) is 3.24 Å². The molecule has 1 aromatic rings. The highest BCUT2D eigenvalue weighted by atomic mass is 35.5. The first-order valence-electron chi connectivity index (χ1n) is 7.53. The molecule has 3 atom stereocenters. The molecular formula is C17H26ClN. The van der Waals surface area contributed by atoms with Crippen LogP contribution in [-0.2, 0) is 6.42 Å². The molecule has 2 rings (SSSR count). The third-order valence-electron chi connectivity index (χ3n) is 4.11. The summed E-state index contributed by atoms with van der Waals surface area (Å²) in [6.07, 6.45) is 2.45. The zero-order valence-corrected chi connectivity index (χ0v) is 13.2. The van der Waals surface area contributed by atoms with Crippen LogP contribution in [0.4, 0.5) is 0 Å². The van der Waals surface area contributed by atoms with Gasteiger partial charge in [-0.2, -0.15) is 0 Å². The van der Waals surface area contributed by atoms with Crippen LogP contribution in [0.1, 0.15) is 43.7 Å². The molecule has 0 N–H and O–H groups in total. The molecule has 0 bridgehead atoms. The van der Waals surface area contributed by atoms with Gasteiger partial charge in [-0.15, -0.1) is 11.6 Å². The molecule has 1 nitrogen and oxygen atoms in total. The van der Waals surface area contributed by atoms with Crippen LogP contribution in [0.25, 0.3) is 0 Å². The van der Waals surface area contributed by atoms with Crippen LogP contribution in [0.15, 0.2) is 24.3 Å². The molecule has 19 heavy (non-hydrogen) atoms. The van der Waals surface area contributed by atoms with Crippen molar-refractivity contribution in [3.05, 3.63) is 35.4 Å². The van der Waals surface area contributed by atoms with Gasteiger partial charge in [0, 0.05) is 19.6 Å². The van der Waals surface area contributed by atoms with Crippen LogP contribution in [0, 0.1) is 11.8 Å². The molecule has 1 saturated heterocycles. The van der Waals surface area contributed by atoms with E-state index in [-0.39, 0.29) is 5.38 Å². The number of nitrogens with zero attached hydrogens (tertiary/aromatic N) is 1. The van der Waals surface area contributed by atoms with Crippen LogP contribution in [-0.4, -0.2) is 24.5 Å². The number of halogens is 1. The first-order chi connectivity index (χ1) is 9.08. The van der Waals surface area contributed by atoms with Gasteiger partial charge >= 0.3 is 0 Å². The molecule has 0 aromatic heterocycles. The van der Waals surface area contributed by atoms with E-state index < -0.39 is 0 Å². The summed E-state index contributed by atoms with van der Waals surface area (Å²) in [5.41, 5.74) is 2.64. The molecule has 1 aliphatic rings. The van der Waals surface area contributed by atoms with Crippen molar-refractivity contribution >= 4 is 11.6 Å². The third-order valence-corrected chi connectivity index (χ3v) is 4.50. The molecule has 1 aromatic carbocycles. The molecule has 106 valence electrons. The predicted octanol–water partition coefficient (Wildman–Crippen LogP) is 4.51. The lowest BCUT2D eigenvalue weighted by molar-refractivity contribution is 0.141. The quantitative estimate of drug-likeness (QED) is 0.733. The van der Waals surface area contributed by atoms with Gasteiger partial charge in [-0.3, -0.25) is 0 Å². The Bertz CT molecular complexity index is 377. The van der Waals surface area contributed by atoms with Gasteiger partial charge in [0.15, 0.2) is 0 Å². The van der Waals surface area contributed by atoms with Gasteiger partial charge in [-0.25, -0.2) is 0 Å². The molecule has 0 aliphatic carbocycles. The minimum atomic E-state index is 0.114. The first kappa shape index (κ1) is 14.9. The van der Waals surface area contributed by atoms with Gasteiger partial charge in [0.25, 0.3) is 0 Å². The highest BCUT2D eigenvalue weighted by molar-refractivity contribution is 6.21. The van der Waals surface area contributed by atoms with E-state index in [0.29, 0.717) is 0 Å². The Labute approximate surface area is 123 Å². The standard InChI is InChI=1S/C17H26ClN/c1-4-15-5-7-16(8-6-15)17(18)12-19-10-13(2)9-14(3)11-19/h5-8,13-14,17H,4,9-12H2,1-3H3. The molecular weight excluding hydrogens is 254 g/mol. The minimum Gasteiger partial charge on any atom is -0.301 e. The summed E-state index contributed by atoms with van der Waals surface area (Å²) in [4.78, 5) is 2.53. The summed E-state index contributed by atoms with van der Waals surface area (Å²) in [7, 11) is 0. The van der Waals surface area contributed by atoms with Crippen molar-refractivity contribution in [2.45, 2.75) is 39.0 Å². The number of hydrogen-bond acceptors (Lipinski definition) is 1. The Hall–Kier alpha value is -0.530. The minimum absolute atomic E-state index is 0.114. The van der Waals surface area contributed by atoms with Crippen molar-refractivity contribution in [3.63, 3.8) is 0 Å². The second-order valence-corrected chi connectivity index (χ2v) is 6.75. The molecule has 3 unspecified atom stereocenters. The SMILES string of the molecule is CCc1ccc(C(Cl)CN2CC(C)CC(C)C2)cc1. The number of hydrogen-bond donors (Lipinski definition) is 0. The van der Waals surface area contributed by atoms with Crippen molar-refractivity contribution < 1.29 is 0 Å². The first-order valence-corrected chi connectivity index (χ1v) is 7.97. The number of rotatable bonds is 4. The number of piperidine rings is 1. The summed E-state index contributed by atoms with van der Waals surface area (Å²) in [5.74, 6) is 1.60. The molecule has 1 aliphatic heterocycles. The number of aryl methyl sites for hydroxylation is 1. The predicted molar refractivity (Wildman–Crippen MR) is 83.8 cm³/mol. The summed E-state index contributed by atoms with van der Waals surface area (Å²) >= 11 is 6.59. The summed E-state index contributed by atoms with van der Waals surface area (Å²) in [6, 6.07) is 8.78. The van der Waals surface area contributed by atoms with E-state index in [0.717, 1.165) is 24.8 Å². The Morgan fingerprint density at radius 3 is 2.26 bits per heavy atom. The van der Waals surface area contributed by atoms with Crippen LogP contribution in [0.2, 0.25) is 0 Å². The fourth-order valence-electron chi connectivity index (χ4n) is 3.24. The third kappa shape index (κ3) is 4.22.